The van der Waals surface area contributed by atoms with Crippen LogP contribution in [0.15, 0.2) is 18.2 Å². The van der Waals surface area contributed by atoms with E-state index in [1.165, 1.54) is 0 Å². The van der Waals surface area contributed by atoms with Crippen LogP contribution in [0.2, 0.25) is 0 Å². The summed E-state index contributed by atoms with van der Waals surface area (Å²) < 4.78 is 5.63. The molecule has 29 heavy (non-hydrogen) atoms. The predicted molar refractivity (Wildman–Crippen MR) is 115 cm³/mol. The Bertz CT molecular complexity index is 761. The largest absolute Gasteiger partial charge is 0.490 e. The van der Waals surface area contributed by atoms with Gasteiger partial charge in [-0.05, 0) is 24.1 Å². The first-order chi connectivity index (χ1) is 13.0. The Morgan fingerprint density at radius 2 is 1.90 bits per heavy atom. The molecule has 0 saturated carbocycles. The first kappa shape index (κ1) is 24.7. The number of benzene rings is 1. The van der Waals surface area contributed by atoms with Crippen LogP contribution in [0, 0.1) is 11.3 Å². The Balaban J connectivity index is 0.00000420. The minimum atomic E-state index is -0.661. The van der Waals surface area contributed by atoms with Crippen molar-refractivity contribution in [2.24, 2.45) is 17.1 Å². The maximum atomic E-state index is 12.7. The van der Waals surface area contributed by atoms with Crippen molar-refractivity contribution in [3.8, 4) is 5.75 Å². The molecule has 0 bridgehead atoms. The van der Waals surface area contributed by atoms with Crippen LogP contribution in [0.1, 0.15) is 34.6 Å². The molecule has 9 heteroatoms. The van der Waals surface area contributed by atoms with E-state index in [0.717, 1.165) is 0 Å². The molecule has 8 nitrogen and oxygen atoms in total. The molecule has 4 N–H and O–H groups in total. The summed E-state index contributed by atoms with van der Waals surface area (Å²) in [5.74, 6) is -0.191. The number of carbonyl (C=O) groups is 3. The summed E-state index contributed by atoms with van der Waals surface area (Å²) in [6, 6.07) is 4.47. The van der Waals surface area contributed by atoms with Crippen molar-refractivity contribution in [1.82, 2.24) is 5.32 Å². The maximum Gasteiger partial charge on any atom is 0.243 e. The van der Waals surface area contributed by atoms with Crippen LogP contribution in [-0.2, 0) is 14.4 Å². The van der Waals surface area contributed by atoms with Gasteiger partial charge in [-0.1, -0.05) is 34.6 Å². The zero-order chi connectivity index (χ0) is 21.1. The lowest BCUT2D eigenvalue weighted by atomic mass is 9.94. The van der Waals surface area contributed by atoms with Gasteiger partial charge >= 0.3 is 0 Å². The summed E-state index contributed by atoms with van der Waals surface area (Å²) in [6.07, 6.45) is 0. The lowest BCUT2D eigenvalue weighted by molar-refractivity contribution is -0.126. The fourth-order valence-electron chi connectivity index (χ4n) is 2.70. The summed E-state index contributed by atoms with van der Waals surface area (Å²) in [4.78, 5) is 38.5. The zero-order valence-corrected chi connectivity index (χ0v) is 18.4. The number of fused-ring (bicyclic) bond motifs is 1. The highest BCUT2D eigenvalue weighted by Gasteiger charge is 2.32. The van der Waals surface area contributed by atoms with E-state index in [-0.39, 0.29) is 42.6 Å². The number of carbonyl (C=O) groups excluding carboxylic acids is 3. The summed E-state index contributed by atoms with van der Waals surface area (Å²) in [7, 11) is 0. The number of ether oxygens (including phenoxy) is 1. The summed E-state index contributed by atoms with van der Waals surface area (Å²) in [5.41, 5.74) is 6.36. The number of hydrogen-bond acceptors (Lipinski definition) is 5. The second kappa shape index (κ2) is 9.93. The number of nitrogens with two attached hydrogens (primary N) is 1. The van der Waals surface area contributed by atoms with Crippen LogP contribution in [0.3, 0.4) is 0 Å². The first-order valence-electron chi connectivity index (χ1n) is 9.42. The highest BCUT2D eigenvalue weighted by molar-refractivity contribution is 6.00. The SMILES string of the molecule is CC(C)[C@H](N)C(=O)NCC(=O)Nc1ccc2c(c1)N(C(=O)C(C)(C)C)CCO2.Cl. The van der Waals surface area contributed by atoms with E-state index in [4.69, 9.17) is 10.5 Å². The Hall–Kier alpha value is -2.32. The minimum absolute atomic E-state index is 0. The first-order valence-corrected chi connectivity index (χ1v) is 9.42. The average Bonchev–Trinajstić information content (AvgIpc) is 2.63. The monoisotopic (exact) mass is 426 g/mol. The number of nitrogens with zero attached hydrogens (tertiary/aromatic N) is 1. The van der Waals surface area contributed by atoms with Gasteiger partial charge in [0.05, 0.1) is 24.8 Å². The van der Waals surface area contributed by atoms with Crippen molar-refractivity contribution < 1.29 is 19.1 Å². The molecule has 2 rings (SSSR count). The number of rotatable bonds is 5. The Morgan fingerprint density at radius 1 is 1.24 bits per heavy atom. The highest BCUT2D eigenvalue weighted by atomic mass is 35.5. The minimum Gasteiger partial charge on any atom is -0.490 e. The van der Waals surface area contributed by atoms with Gasteiger partial charge in [0.15, 0.2) is 0 Å². The van der Waals surface area contributed by atoms with Crippen molar-refractivity contribution in [2.45, 2.75) is 40.7 Å². The van der Waals surface area contributed by atoms with E-state index in [1.54, 1.807) is 23.1 Å². The lowest BCUT2D eigenvalue weighted by Gasteiger charge is -2.34. The molecular formula is C20H31ClN4O4. The third-order valence-corrected chi connectivity index (χ3v) is 4.44. The Labute approximate surface area is 177 Å². The molecule has 0 aliphatic carbocycles. The van der Waals surface area contributed by atoms with E-state index in [2.05, 4.69) is 10.6 Å². The van der Waals surface area contributed by atoms with Gasteiger partial charge in [-0.2, -0.15) is 0 Å². The molecule has 1 aliphatic heterocycles. The van der Waals surface area contributed by atoms with Crippen molar-refractivity contribution in [3.05, 3.63) is 18.2 Å². The lowest BCUT2D eigenvalue weighted by Crippen LogP contribution is -2.46. The number of hydrogen-bond donors (Lipinski definition) is 3. The molecule has 1 aliphatic rings. The van der Waals surface area contributed by atoms with Gasteiger partial charge in [-0.15, -0.1) is 12.4 Å². The van der Waals surface area contributed by atoms with Gasteiger partial charge in [0.25, 0.3) is 0 Å². The number of halogens is 1. The molecule has 1 atom stereocenters. The topological polar surface area (TPSA) is 114 Å². The molecule has 1 heterocycles. The summed E-state index contributed by atoms with van der Waals surface area (Å²) in [6.45, 7) is 9.94. The van der Waals surface area contributed by atoms with Crippen molar-refractivity contribution in [2.75, 3.05) is 29.9 Å². The molecule has 0 aromatic heterocycles. The van der Waals surface area contributed by atoms with Crippen LogP contribution in [0.5, 0.6) is 5.75 Å². The van der Waals surface area contributed by atoms with Crippen molar-refractivity contribution in [3.63, 3.8) is 0 Å². The van der Waals surface area contributed by atoms with Gasteiger partial charge in [0.2, 0.25) is 17.7 Å². The van der Waals surface area contributed by atoms with E-state index < -0.39 is 11.5 Å². The van der Waals surface area contributed by atoms with Crippen LogP contribution in [-0.4, -0.2) is 43.5 Å². The third kappa shape index (κ3) is 6.33. The van der Waals surface area contributed by atoms with Gasteiger partial charge in [0, 0.05) is 11.1 Å². The van der Waals surface area contributed by atoms with Gasteiger partial charge in [-0.3, -0.25) is 14.4 Å². The molecule has 1 aromatic carbocycles. The summed E-state index contributed by atoms with van der Waals surface area (Å²) in [5, 5.41) is 5.25. The Kier molecular flexibility index (Phi) is 8.47. The summed E-state index contributed by atoms with van der Waals surface area (Å²) >= 11 is 0. The standard InChI is InChI=1S/C20H30N4O4.ClH/c1-12(2)17(21)18(26)22-11-16(25)23-13-6-7-15-14(10-13)24(8-9-28-15)19(27)20(3,4)5;/h6-7,10,12,17H,8-9,11,21H2,1-5H3,(H,22,26)(H,23,25);1H/t17-;/m0./s1. The van der Waals surface area contributed by atoms with Gasteiger partial charge in [-0.25, -0.2) is 0 Å². The van der Waals surface area contributed by atoms with E-state index >= 15 is 0 Å². The normalized spacial score (nSPS) is 14.2. The fourth-order valence-corrected chi connectivity index (χ4v) is 2.70. The smallest absolute Gasteiger partial charge is 0.243 e. The maximum absolute atomic E-state index is 12.7. The molecule has 3 amide bonds. The van der Waals surface area contributed by atoms with E-state index in [1.807, 2.05) is 34.6 Å². The number of anilines is 2. The molecule has 0 spiro atoms. The molecule has 0 saturated heterocycles. The van der Waals surface area contributed by atoms with Crippen LogP contribution < -0.4 is 26.0 Å². The highest BCUT2D eigenvalue weighted by Crippen LogP contribution is 2.36. The van der Waals surface area contributed by atoms with Crippen molar-refractivity contribution in [1.29, 1.82) is 0 Å². The average molecular weight is 427 g/mol. The van der Waals surface area contributed by atoms with E-state index in [9.17, 15) is 14.4 Å². The van der Waals surface area contributed by atoms with Crippen molar-refractivity contribution >= 4 is 41.5 Å². The number of nitrogens with one attached hydrogen (secondary N) is 2. The Morgan fingerprint density at radius 3 is 2.48 bits per heavy atom. The van der Waals surface area contributed by atoms with Crippen LogP contribution >= 0.6 is 12.4 Å². The second-order valence-electron chi connectivity index (χ2n) is 8.27. The van der Waals surface area contributed by atoms with E-state index in [0.29, 0.717) is 30.3 Å². The molecule has 0 radical (unpaired) electrons. The molecule has 0 fully saturated rings. The second-order valence-corrected chi connectivity index (χ2v) is 8.27. The zero-order valence-electron chi connectivity index (χ0n) is 17.6. The number of amides is 3. The van der Waals surface area contributed by atoms with Gasteiger partial charge in [0.1, 0.15) is 12.4 Å². The predicted octanol–water partition coefficient (Wildman–Crippen LogP) is 1.92. The fraction of sp³-hybridized carbons (Fsp3) is 0.550. The molecular weight excluding hydrogens is 396 g/mol. The van der Waals surface area contributed by atoms with Gasteiger partial charge < -0.3 is 26.0 Å². The quantitative estimate of drug-likeness (QED) is 0.665. The molecule has 0 unspecified atom stereocenters. The molecule has 162 valence electrons. The van der Waals surface area contributed by atoms with Crippen LogP contribution in [0.25, 0.3) is 0 Å². The molecule has 1 aromatic rings. The third-order valence-electron chi connectivity index (χ3n) is 4.44. The van der Waals surface area contributed by atoms with Crippen LogP contribution in [0.4, 0.5) is 11.4 Å².